The van der Waals surface area contributed by atoms with E-state index in [2.05, 4.69) is 107 Å². The summed E-state index contributed by atoms with van der Waals surface area (Å²) in [6, 6.07) is 45.3. The van der Waals surface area contributed by atoms with E-state index in [1.807, 2.05) is 24.3 Å². The predicted octanol–water partition coefficient (Wildman–Crippen LogP) is 11.7. The molecule has 0 atom stereocenters. The standard InChI is InChI=1S/C41H25FN2O/c1-24-28-14-3-2-11-26(28)22-35-38(24)39-40-36(23-31-30-16-5-9-20-37(30)45-41(31)39)43(33-18-7-8-19-34(33)44(35)40)32-17-6-4-15-29(32)25-12-10-13-27(42)21-25/h2-23H,1H3. The summed E-state index contributed by atoms with van der Waals surface area (Å²) in [6.07, 6.45) is 0. The number of para-hydroxylation sites is 4. The molecule has 3 heterocycles. The van der Waals surface area contributed by atoms with Crippen molar-refractivity contribution in [3.8, 4) is 16.8 Å². The number of benzene rings is 7. The third kappa shape index (κ3) is 3.23. The molecule has 1 aliphatic rings. The molecule has 1 aliphatic heterocycles. The van der Waals surface area contributed by atoms with E-state index in [0.717, 1.165) is 72.2 Å². The average molecular weight is 581 g/mol. The normalized spacial score (nSPS) is 12.6. The van der Waals surface area contributed by atoms with Gasteiger partial charge in [0.25, 0.3) is 0 Å². The summed E-state index contributed by atoms with van der Waals surface area (Å²) in [5, 5.41) is 6.92. The van der Waals surface area contributed by atoms with Gasteiger partial charge in [0.15, 0.2) is 0 Å². The Kier molecular flexibility index (Phi) is 4.82. The van der Waals surface area contributed by atoms with Crippen LogP contribution in [0.1, 0.15) is 5.56 Å². The van der Waals surface area contributed by atoms with Gasteiger partial charge >= 0.3 is 0 Å². The van der Waals surface area contributed by atoms with Gasteiger partial charge in [0, 0.05) is 21.7 Å². The smallest absolute Gasteiger partial charge is 0.145 e. The molecule has 0 saturated heterocycles. The van der Waals surface area contributed by atoms with Gasteiger partial charge < -0.3 is 13.9 Å². The van der Waals surface area contributed by atoms with Gasteiger partial charge in [0.2, 0.25) is 0 Å². The predicted molar refractivity (Wildman–Crippen MR) is 184 cm³/mol. The Labute approximate surface area is 258 Å². The largest absolute Gasteiger partial charge is 0.455 e. The second-order valence-corrected chi connectivity index (χ2v) is 11.9. The van der Waals surface area contributed by atoms with Gasteiger partial charge in [-0.3, -0.25) is 0 Å². The Balaban J connectivity index is 1.45. The monoisotopic (exact) mass is 580 g/mol. The highest BCUT2D eigenvalue weighted by atomic mass is 19.1. The Bertz CT molecular complexity index is 2700. The first-order valence-corrected chi connectivity index (χ1v) is 15.2. The van der Waals surface area contributed by atoms with Gasteiger partial charge in [-0.2, -0.15) is 0 Å². The van der Waals surface area contributed by atoms with Crippen LogP contribution in [0.4, 0.5) is 21.5 Å². The molecule has 4 heteroatoms. The first-order chi connectivity index (χ1) is 22.2. The molecule has 2 aromatic heterocycles. The van der Waals surface area contributed by atoms with Crippen LogP contribution in [0.25, 0.3) is 71.3 Å². The van der Waals surface area contributed by atoms with Gasteiger partial charge in [-0.05, 0) is 77.4 Å². The number of fused-ring (bicyclic) bond motifs is 10. The molecule has 3 nitrogen and oxygen atoms in total. The first kappa shape index (κ1) is 24.6. The van der Waals surface area contributed by atoms with Crippen molar-refractivity contribution in [1.29, 1.82) is 0 Å². The van der Waals surface area contributed by atoms with Crippen molar-refractivity contribution in [3.63, 3.8) is 0 Å². The van der Waals surface area contributed by atoms with Crippen LogP contribution in [0.3, 0.4) is 0 Å². The number of hydrogen-bond donors (Lipinski definition) is 0. The zero-order valence-corrected chi connectivity index (χ0v) is 24.4. The maximum atomic E-state index is 14.6. The number of aryl methyl sites for hydroxylation is 1. The molecule has 10 rings (SSSR count). The topological polar surface area (TPSA) is 21.3 Å². The molecule has 212 valence electrons. The van der Waals surface area contributed by atoms with Gasteiger partial charge in [0.05, 0.1) is 39.2 Å². The van der Waals surface area contributed by atoms with E-state index in [-0.39, 0.29) is 5.82 Å². The van der Waals surface area contributed by atoms with E-state index in [4.69, 9.17) is 4.42 Å². The highest BCUT2D eigenvalue weighted by molar-refractivity contribution is 6.30. The van der Waals surface area contributed by atoms with Crippen LogP contribution in [0.5, 0.6) is 0 Å². The minimum absolute atomic E-state index is 0.252. The minimum Gasteiger partial charge on any atom is -0.455 e. The highest BCUT2D eigenvalue weighted by Gasteiger charge is 2.33. The molecular formula is C41H25FN2O. The van der Waals surface area contributed by atoms with Crippen LogP contribution in [-0.2, 0) is 0 Å². The van der Waals surface area contributed by atoms with E-state index in [0.29, 0.717) is 0 Å². The molecule has 0 bridgehead atoms. The summed E-state index contributed by atoms with van der Waals surface area (Å²) in [7, 11) is 0. The second kappa shape index (κ2) is 8.84. The summed E-state index contributed by atoms with van der Waals surface area (Å²) in [5.41, 5.74) is 11.2. The van der Waals surface area contributed by atoms with Gasteiger partial charge in [-0.1, -0.05) is 84.9 Å². The summed E-state index contributed by atoms with van der Waals surface area (Å²) in [4.78, 5) is 2.35. The fraction of sp³-hybridized carbons (Fsp3) is 0.0244. The molecule has 0 fully saturated rings. The van der Waals surface area contributed by atoms with E-state index < -0.39 is 0 Å². The quantitative estimate of drug-likeness (QED) is 0.203. The Morgan fingerprint density at radius 3 is 2.18 bits per heavy atom. The maximum Gasteiger partial charge on any atom is 0.145 e. The lowest BCUT2D eigenvalue weighted by Crippen LogP contribution is -2.18. The van der Waals surface area contributed by atoms with Crippen molar-refractivity contribution >= 4 is 71.6 Å². The summed E-state index contributed by atoms with van der Waals surface area (Å²) in [5.74, 6) is -0.252. The number of aromatic nitrogens is 1. The molecule has 0 radical (unpaired) electrons. The molecule has 0 aliphatic carbocycles. The van der Waals surface area contributed by atoms with Crippen LogP contribution < -0.4 is 4.90 Å². The first-order valence-electron chi connectivity index (χ1n) is 15.2. The van der Waals surface area contributed by atoms with E-state index in [9.17, 15) is 4.39 Å². The molecule has 0 amide bonds. The van der Waals surface area contributed by atoms with Gasteiger partial charge in [-0.15, -0.1) is 0 Å². The number of nitrogens with zero attached hydrogens (tertiary/aromatic N) is 2. The van der Waals surface area contributed by atoms with Crippen LogP contribution in [0, 0.1) is 12.7 Å². The Hall–Kier alpha value is -5.87. The van der Waals surface area contributed by atoms with Gasteiger partial charge in [-0.25, -0.2) is 4.39 Å². The lowest BCUT2D eigenvalue weighted by Gasteiger charge is -2.34. The lowest BCUT2D eigenvalue weighted by atomic mass is 9.97. The van der Waals surface area contributed by atoms with Crippen LogP contribution in [0.2, 0.25) is 0 Å². The molecule has 0 unspecified atom stereocenters. The Morgan fingerprint density at radius 1 is 0.578 bits per heavy atom. The van der Waals surface area contributed by atoms with Crippen molar-refractivity contribution in [2.24, 2.45) is 0 Å². The van der Waals surface area contributed by atoms with E-state index in [1.165, 1.54) is 27.8 Å². The fourth-order valence-electron chi connectivity index (χ4n) is 7.64. The van der Waals surface area contributed by atoms with Crippen LogP contribution >= 0.6 is 0 Å². The number of anilines is 3. The zero-order chi connectivity index (χ0) is 29.8. The summed E-state index contributed by atoms with van der Waals surface area (Å²) < 4.78 is 23.7. The summed E-state index contributed by atoms with van der Waals surface area (Å²) >= 11 is 0. The Morgan fingerprint density at radius 2 is 1.31 bits per heavy atom. The highest BCUT2D eigenvalue weighted by Crippen LogP contribution is 2.55. The molecule has 0 saturated carbocycles. The second-order valence-electron chi connectivity index (χ2n) is 11.9. The van der Waals surface area contributed by atoms with Crippen LogP contribution in [0.15, 0.2) is 138 Å². The van der Waals surface area contributed by atoms with E-state index in [1.54, 1.807) is 12.1 Å². The number of furan rings is 1. The van der Waals surface area contributed by atoms with Crippen molar-refractivity contribution in [2.45, 2.75) is 6.92 Å². The van der Waals surface area contributed by atoms with Crippen LogP contribution in [-0.4, -0.2) is 4.57 Å². The molecule has 0 spiro atoms. The molecule has 45 heavy (non-hydrogen) atoms. The van der Waals surface area contributed by atoms with Gasteiger partial charge in [0.1, 0.15) is 17.0 Å². The molecule has 0 N–H and O–H groups in total. The number of hydrogen-bond acceptors (Lipinski definition) is 2. The van der Waals surface area contributed by atoms with Crippen molar-refractivity contribution in [1.82, 2.24) is 4.57 Å². The third-order valence-corrected chi connectivity index (χ3v) is 9.51. The fourth-order valence-corrected chi connectivity index (χ4v) is 7.64. The number of halogens is 1. The SMILES string of the molecule is Cc1c2ccccc2cc2c1c1c3oc4ccccc4c3cc3c1n2-c1ccccc1N3c1ccccc1-c1cccc(F)c1. The number of rotatable bonds is 2. The third-order valence-electron chi connectivity index (χ3n) is 9.51. The molecular weight excluding hydrogens is 555 g/mol. The van der Waals surface area contributed by atoms with Crippen molar-refractivity contribution in [2.75, 3.05) is 4.90 Å². The lowest BCUT2D eigenvalue weighted by molar-refractivity contribution is 0.628. The summed E-state index contributed by atoms with van der Waals surface area (Å²) in [6.45, 7) is 2.23. The average Bonchev–Trinajstić information content (AvgIpc) is 3.62. The van der Waals surface area contributed by atoms with E-state index >= 15 is 0 Å². The molecule has 9 aromatic rings. The zero-order valence-electron chi connectivity index (χ0n) is 24.4. The minimum atomic E-state index is -0.252. The van der Waals surface area contributed by atoms with Crippen molar-refractivity contribution in [3.05, 3.63) is 145 Å². The van der Waals surface area contributed by atoms with Crippen molar-refractivity contribution < 1.29 is 8.81 Å². The maximum absolute atomic E-state index is 14.6. The molecule has 7 aromatic carbocycles.